The van der Waals surface area contributed by atoms with Crippen molar-refractivity contribution in [2.45, 2.75) is 38.8 Å². The molecule has 9 nitrogen and oxygen atoms in total. The van der Waals surface area contributed by atoms with Crippen LogP contribution in [0.1, 0.15) is 35.9 Å². The van der Waals surface area contributed by atoms with Gasteiger partial charge in [-0.1, -0.05) is 6.92 Å². The highest BCUT2D eigenvalue weighted by molar-refractivity contribution is 7.89. The summed E-state index contributed by atoms with van der Waals surface area (Å²) in [6.07, 6.45) is 3.90. The van der Waals surface area contributed by atoms with E-state index in [1.54, 1.807) is 6.92 Å². The molecule has 3 rings (SSSR count). The normalized spacial score (nSPS) is 25.6. The molecule has 0 aliphatic carbocycles. The fourth-order valence-corrected chi connectivity index (χ4v) is 4.92. The van der Waals surface area contributed by atoms with Gasteiger partial charge in [0.2, 0.25) is 10.0 Å². The second kappa shape index (κ2) is 7.28. The molecule has 1 aromatic rings. The highest BCUT2D eigenvalue weighted by Gasteiger charge is 2.45. The van der Waals surface area contributed by atoms with Gasteiger partial charge in [-0.05, 0) is 19.8 Å². The molecular weight excluding hydrogens is 358 g/mol. The number of rotatable bonds is 4. The van der Waals surface area contributed by atoms with E-state index in [0.717, 1.165) is 10.00 Å². The molecule has 3 heterocycles. The Morgan fingerprint density at radius 3 is 2.77 bits per heavy atom. The van der Waals surface area contributed by atoms with E-state index in [4.69, 9.17) is 0 Å². The van der Waals surface area contributed by atoms with Crippen LogP contribution < -0.4 is 5.32 Å². The second-order valence-electron chi connectivity index (χ2n) is 6.69. The van der Waals surface area contributed by atoms with Gasteiger partial charge in [0.05, 0.1) is 23.7 Å². The molecule has 2 amide bonds. The third-order valence-corrected chi connectivity index (χ3v) is 6.41. The van der Waals surface area contributed by atoms with E-state index in [2.05, 4.69) is 15.3 Å². The van der Waals surface area contributed by atoms with Crippen LogP contribution in [-0.2, 0) is 14.8 Å². The molecule has 0 saturated carbocycles. The van der Waals surface area contributed by atoms with Crippen molar-refractivity contribution in [2.24, 2.45) is 0 Å². The number of carbonyl (C=O) groups is 2. The Balaban J connectivity index is 1.70. The van der Waals surface area contributed by atoms with E-state index < -0.39 is 22.0 Å². The lowest BCUT2D eigenvalue weighted by atomic mass is 10.1. The first-order valence-electron chi connectivity index (χ1n) is 8.69. The molecule has 2 fully saturated rings. The third kappa shape index (κ3) is 3.70. The zero-order valence-corrected chi connectivity index (χ0v) is 15.7. The fraction of sp³-hybridized carbons (Fsp3) is 0.625. The molecule has 2 unspecified atom stereocenters. The number of nitrogens with zero attached hydrogens (tertiary/aromatic N) is 4. The largest absolute Gasteiger partial charge is 0.347 e. The van der Waals surface area contributed by atoms with Crippen LogP contribution in [0.4, 0.5) is 0 Å². The van der Waals surface area contributed by atoms with Crippen molar-refractivity contribution in [3.8, 4) is 0 Å². The van der Waals surface area contributed by atoms with E-state index in [1.165, 1.54) is 12.4 Å². The predicted octanol–water partition coefficient (Wildman–Crippen LogP) is -0.460. The van der Waals surface area contributed by atoms with Gasteiger partial charge >= 0.3 is 0 Å². The monoisotopic (exact) mass is 381 g/mol. The zero-order chi connectivity index (χ0) is 18.9. The number of amides is 2. The summed E-state index contributed by atoms with van der Waals surface area (Å²) in [6.45, 7) is 4.55. The maximum absolute atomic E-state index is 12.7. The minimum absolute atomic E-state index is 0.0840. The lowest BCUT2D eigenvalue weighted by Crippen LogP contribution is -2.44. The molecule has 0 radical (unpaired) electrons. The molecule has 2 atom stereocenters. The molecule has 1 N–H and O–H groups in total. The maximum Gasteiger partial charge on any atom is 0.271 e. The van der Waals surface area contributed by atoms with Crippen LogP contribution in [0.3, 0.4) is 0 Å². The quantitative estimate of drug-likeness (QED) is 0.751. The van der Waals surface area contributed by atoms with Crippen molar-refractivity contribution in [2.75, 3.05) is 25.4 Å². The molecule has 1 aromatic heterocycles. The topological polar surface area (TPSA) is 113 Å². The van der Waals surface area contributed by atoms with Gasteiger partial charge in [0, 0.05) is 31.9 Å². The number of hydrogen-bond acceptors (Lipinski definition) is 7. The standard InChI is InChI=1S/C16H23N5O4S/c1-3-4-21-16(23)14-7-12(10-20(14)5-6-26(21,24)25)19-15(22)13-9-17-11(2)8-18-13/h8-9,12,14H,3-7,10H2,1-2H3,(H,19,22). The van der Waals surface area contributed by atoms with Crippen LogP contribution in [-0.4, -0.2) is 76.9 Å². The summed E-state index contributed by atoms with van der Waals surface area (Å²) < 4.78 is 25.6. The molecular formula is C16H23N5O4S. The highest BCUT2D eigenvalue weighted by Crippen LogP contribution is 2.25. The van der Waals surface area contributed by atoms with E-state index in [9.17, 15) is 18.0 Å². The molecule has 0 aromatic carbocycles. The zero-order valence-electron chi connectivity index (χ0n) is 14.9. The average molecular weight is 381 g/mol. The predicted molar refractivity (Wildman–Crippen MR) is 93.8 cm³/mol. The molecule has 2 saturated heterocycles. The third-order valence-electron chi connectivity index (χ3n) is 4.68. The number of aromatic nitrogens is 2. The van der Waals surface area contributed by atoms with Gasteiger partial charge in [-0.3, -0.25) is 19.5 Å². The summed E-state index contributed by atoms with van der Waals surface area (Å²) in [5, 5.41) is 2.88. The van der Waals surface area contributed by atoms with Crippen molar-refractivity contribution in [3.63, 3.8) is 0 Å². The van der Waals surface area contributed by atoms with Gasteiger partial charge in [-0.25, -0.2) is 17.7 Å². The van der Waals surface area contributed by atoms with Crippen molar-refractivity contribution in [1.29, 1.82) is 0 Å². The van der Waals surface area contributed by atoms with Gasteiger partial charge < -0.3 is 5.32 Å². The Morgan fingerprint density at radius 2 is 2.12 bits per heavy atom. The summed E-state index contributed by atoms with van der Waals surface area (Å²) in [5.74, 6) is -0.818. The van der Waals surface area contributed by atoms with Crippen LogP contribution in [0.25, 0.3) is 0 Å². The van der Waals surface area contributed by atoms with Crippen LogP contribution in [0.15, 0.2) is 12.4 Å². The number of nitrogens with one attached hydrogen (secondary N) is 1. The van der Waals surface area contributed by atoms with Crippen LogP contribution in [0.2, 0.25) is 0 Å². The number of sulfonamides is 1. The molecule has 2 aliphatic rings. The molecule has 2 aliphatic heterocycles. The summed E-state index contributed by atoms with van der Waals surface area (Å²) >= 11 is 0. The van der Waals surface area contributed by atoms with E-state index in [0.29, 0.717) is 19.4 Å². The molecule has 10 heteroatoms. The molecule has 0 spiro atoms. The summed E-state index contributed by atoms with van der Waals surface area (Å²) in [4.78, 5) is 35.0. The first-order valence-corrected chi connectivity index (χ1v) is 10.3. The van der Waals surface area contributed by atoms with Crippen molar-refractivity contribution in [1.82, 2.24) is 24.5 Å². The lowest BCUT2D eigenvalue weighted by molar-refractivity contribution is -0.130. The molecule has 142 valence electrons. The Kier molecular flexibility index (Phi) is 5.24. The maximum atomic E-state index is 12.7. The summed E-state index contributed by atoms with van der Waals surface area (Å²) in [5.41, 5.74) is 0.942. The van der Waals surface area contributed by atoms with Gasteiger partial charge in [0.15, 0.2) is 0 Å². The Hall–Kier alpha value is -2.07. The van der Waals surface area contributed by atoms with Gasteiger partial charge in [0.1, 0.15) is 5.69 Å². The Bertz CT molecular complexity index is 795. The Labute approximate surface area is 152 Å². The van der Waals surface area contributed by atoms with E-state index >= 15 is 0 Å². The van der Waals surface area contributed by atoms with Crippen LogP contribution in [0.5, 0.6) is 0 Å². The van der Waals surface area contributed by atoms with Crippen molar-refractivity contribution in [3.05, 3.63) is 23.8 Å². The summed E-state index contributed by atoms with van der Waals surface area (Å²) in [7, 11) is -3.56. The van der Waals surface area contributed by atoms with E-state index in [1.807, 2.05) is 11.8 Å². The first-order chi connectivity index (χ1) is 12.3. The van der Waals surface area contributed by atoms with Gasteiger partial charge in [-0.2, -0.15) is 0 Å². The molecule has 26 heavy (non-hydrogen) atoms. The average Bonchev–Trinajstić information content (AvgIpc) is 2.97. The number of carbonyl (C=O) groups excluding carboxylic acids is 2. The fourth-order valence-electron chi connectivity index (χ4n) is 3.38. The van der Waals surface area contributed by atoms with Crippen LogP contribution in [0, 0.1) is 6.92 Å². The van der Waals surface area contributed by atoms with E-state index in [-0.39, 0.29) is 36.5 Å². The van der Waals surface area contributed by atoms with Crippen LogP contribution >= 0.6 is 0 Å². The minimum atomic E-state index is -3.56. The number of hydrogen-bond donors (Lipinski definition) is 1. The van der Waals surface area contributed by atoms with Crippen molar-refractivity contribution >= 4 is 21.8 Å². The number of fused-ring (bicyclic) bond motifs is 1. The Morgan fingerprint density at radius 1 is 1.35 bits per heavy atom. The second-order valence-corrected chi connectivity index (χ2v) is 8.70. The lowest BCUT2D eigenvalue weighted by Gasteiger charge is -2.23. The molecule has 0 bridgehead atoms. The van der Waals surface area contributed by atoms with Gasteiger partial charge in [-0.15, -0.1) is 0 Å². The highest BCUT2D eigenvalue weighted by atomic mass is 32.2. The van der Waals surface area contributed by atoms with Gasteiger partial charge in [0.25, 0.3) is 11.8 Å². The minimum Gasteiger partial charge on any atom is -0.347 e. The smallest absolute Gasteiger partial charge is 0.271 e. The SMILES string of the molecule is CCCN1C(=O)C2CC(NC(=O)c3cnc(C)cn3)CN2CCS1(=O)=O. The van der Waals surface area contributed by atoms with Crippen molar-refractivity contribution < 1.29 is 18.0 Å². The summed E-state index contributed by atoms with van der Waals surface area (Å²) in [6, 6.07) is -0.753. The first kappa shape index (κ1) is 18.7. The number of aryl methyl sites for hydroxylation is 1.